The molecule has 0 aromatic heterocycles. The van der Waals surface area contributed by atoms with Crippen LogP contribution in [0.2, 0.25) is 0 Å². The van der Waals surface area contributed by atoms with Gasteiger partial charge in [-0.05, 0) is 62.3 Å². The first-order valence-electron chi connectivity index (χ1n) is 5.41. The molecular weight excluding hydrogens is 170 g/mol. The van der Waals surface area contributed by atoms with Gasteiger partial charge in [0.15, 0.2) is 0 Å². The summed E-state index contributed by atoms with van der Waals surface area (Å²) < 4.78 is 0. The van der Waals surface area contributed by atoms with Crippen LogP contribution in [0.1, 0.15) is 34.6 Å². The first-order valence-corrected chi connectivity index (χ1v) is 5.41. The topological polar surface area (TPSA) is 26.0 Å². The van der Waals surface area contributed by atoms with Gasteiger partial charge in [0.05, 0.1) is 0 Å². The highest BCUT2D eigenvalue weighted by molar-refractivity contribution is 5.42. The Morgan fingerprint density at radius 3 is 2.21 bits per heavy atom. The fraction of sp³-hybridized carbons (Fsp3) is 0.538. The first-order chi connectivity index (χ1) is 6.63. The molecule has 1 aromatic rings. The molecule has 1 nitrogen and oxygen atoms in total. The van der Waals surface area contributed by atoms with E-state index in [4.69, 9.17) is 5.73 Å². The second-order valence-electron chi connectivity index (χ2n) is 4.65. The lowest BCUT2D eigenvalue weighted by Gasteiger charge is -2.10. The van der Waals surface area contributed by atoms with Gasteiger partial charge in [-0.25, -0.2) is 0 Å². The van der Waals surface area contributed by atoms with Gasteiger partial charge in [0.2, 0.25) is 0 Å². The highest BCUT2D eigenvalue weighted by atomic mass is 14.6. The van der Waals surface area contributed by atoms with Crippen molar-refractivity contribution in [3.63, 3.8) is 0 Å². The molecule has 1 aromatic carbocycles. The number of aryl methyl sites for hydroxylation is 3. The van der Waals surface area contributed by atoms with Gasteiger partial charge >= 0.3 is 0 Å². The largest absolute Gasteiger partial charge is 0.330 e. The fourth-order valence-electron chi connectivity index (χ4n) is 2.64. The number of benzene rings is 1. The molecule has 2 atom stereocenters. The van der Waals surface area contributed by atoms with Crippen LogP contribution < -0.4 is 5.73 Å². The molecule has 1 saturated carbocycles. The molecule has 2 rings (SSSR count). The maximum Gasteiger partial charge on any atom is -0.00428 e. The van der Waals surface area contributed by atoms with E-state index in [-0.39, 0.29) is 0 Å². The van der Waals surface area contributed by atoms with E-state index in [0.29, 0.717) is 0 Å². The number of hydrogen-bond acceptors (Lipinski definition) is 1. The Bertz CT molecular complexity index is 331. The number of rotatable bonds is 2. The molecule has 1 aliphatic carbocycles. The Balaban J connectivity index is 2.34. The summed E-state index contributed by atoms with van der Waals surface area (Å²) in [7, 11) is 0. The van der Waals surface area contributed by atoms with Gasteiger partial charge in [-0.3, -0.25) is 0 Å². The van der Waals surface area contributed by atoms with Gasteiger partial charge in [-0.15, -0.1) is 0 Å². The van der Waals surface area contributed by atoms with Crippen molar-refractivity contribution in [3.8, 4) is 0 Å². The Labute approximate surface area is 86.3 Å². The normalized spacial score (nSPS) is 25.1. The summed E-state index contributed by atoms with van der Waals surface area (Å²) in [6, 6.07) is 4.57. The minimum Gasteiger partial charge on any atom is -0.330 e. The van der Waals surface area contributed by atoms with Crippen LogP contribution in [0.3, 0.4) is 0 Å². The van der Waals surface area contributed by atoms with Crippen molar-refractivity contribution in [3.05, 3.63) is 34.4 Å². The van der Waals surface area contributed by atoms with E-state index in [1.54, 1.807) is 5.56 Å². The monoisotopic (exact) mass is 189 g/mol. The van der Waals surface area contributed by atoms with Crippen molar-refractivity contribution >= 4 is 0 Å². The van der Waals surface area contributed by atoms with E-state index >= 15 is 0 Å². The molecule has 0 heterocycles. The summed E-state index contributed by atoms with van der Waals surface area (Å²) >= 11 is 0. The molecular formula is C13H19N. The van der Waals surface area contributed by atoms with Crippen LogP contribution in [-0.4, -0.2) is 6.54 Å². The van der Waals surface area contributed by atoms with Crippen LogP contribution in [-0.2, 0) is 0 Å². The van der Waals surface area contributed by atoms with Gasteiger partial charge in [0.25, 0.3) is 0 Å². The molecule has 0 radical (unpaired) electrons. The highest BCUT2D eigenvalue weighted by Gasteiger charge is 2.38. The molecule has 1 heteroatoms. The predicted octanol–water partition coefficient (Wildman–Crippen LogP) is 2.67. The molecule has 0 saturated heterocycles. The average Bonchev–Trinajstić information content (AvgIpc) is 2.81. The van der Waals surface area contributed by atoms with Gasteiger partial charge in [-0.2, -0.15) is 0 Å². The van der Waals surface area contributed by atoms with Gasteiger partial charge in [0, 0.05) is 0 Å². The maximum absolute atomic E-state index is 5.69. The number of hydrogen-bond donors (Lipinski definition) is 1. The smallest absolute Gasteiger partial charge is 0.00428 e. The van der Waals surface area contributed by atoms with E-state index in [1.165, 1.54) is 23.1 Å². The fourth-order valence-corrected chi connectivity index (χ4v) is 2.64. The Morgan fingerprint density at radius 1 is 1.21 bits per heavy atom. The van der Waals surface area contributed by atoms with Crippen LogP contribution in [0.15, 0.2) is 12.1 Å². The molecule has 76 valence electrons. The zero-order valence-electron chi connectivity index (χ0n) is 9.30. The second kappa shape index (κ2) is 3.39. The van der Waals surface area contributed by atoms with Crippen LogP contribution in [0.4, 0.5) is 0 Å². The van der Waals surface area contributed by atoms with Crippen LogP contribution in [0.25, 0.3) is 0 Å². The van der Waals surface area contributed by atoms with Crippen LogP contribution >= 0.6 is 0 Å². The van der Waals surface area contributed by atoms with Gasteiger partial charge < -0.3 is 5.73 Å². The van der Waals surface area contributed by atoms with E-state index in [1.807, 2.05) is 0 Å². The predicted molar refractivity (Wildman–Crippen MR) is 60.6 cm³/mol. The lowest BCUT2D eigenvalue weighted by Crippen LogP contribution is -2.03. The minimum absolute atomic E-state index is 0.745. The lowest BCUT2D eigenvalue weighted by molar-refractivity contribution is 0.804. The van der Waals surface area contributed by atoms with Crippen molar-refractivity contribution in [1.82, 2.24) is 0 Å². The summed E-state index contributed by atoms with van der Waals surface area (Å²) in [6.45, 7) is 7.46. The molecule has 0 spiro atoms. The number of nitrogens with two attached hydrogens (primary N) is 1. The quantitative estimate of drug-likeness (QED) is 0.760. The van der Waals surface area contributed by atoms with Crippen molar-refractivity contribution in [2.45, 2.75) is 33.1 Å². The zero-order chi connectivity index (χ0) is 10.3. The molecule has 1 aliphatic rings. The van der Waals surface area contributed by atoms with Crippen LogP contribution in [0.5, 0.6) is 0 Å². The van der Waals surface area contributed by atoms with Crippen molar-refractivity contribution in [1.29, 1.82) is 0 Å². The molecule has 0 bridgehead atoms. The Hall–Kier alpha value is -0.820. The molecule has 0 amide bonds. The third-order valence-corrected chi connectivity index (χ3v) is 3.33. The molecule has 14 heavy (non-hydrogen) atoms. The van der Waals surface area contributed by atoms with E-state index in [0.717, 1.165) is 18.4 Å². The van der Waals surface area contributed by atoms with E-state index < -0.39 is 0 Å². The zero-order valence-corrected chi connectivity index (χ0v) is 9.30. The summed E-state index contributed by atoms with van der Waals surface area (Å²) in [5.74, 6) is 1.50. The highest BCUT2D eigenvalue weighted by Crippen LogP contribution is 2.48. The van der Waals surface area contributed by atoms with Crippen LogP contribution in [0, 0.1) is 26.7 Å². The second-order valence-corrected chi connectivity index (χ2v) is 4.65. The summed E-state index contributed by atoms with van der Waals surface area (Å²) in [5.41, 5.74) is 11.5. The average molecular weight is 189 g/mol. The SMILES string of the molecule is Cc1cc(C)c(C2CC2CN)c(C)c1. The third kappa shape index (κ3) is 1.57. The Morgan fingerprint density at radius 2 is 1.79 bits per heavy atom. The van der Waals surface area contributed by atoms with E-state index in [2.05, 4.69) is 32.9 Å². The Kier molecular flexibility index (Phi) is 2.36. The first kappa shape index (κ1) is 9.72. The third-order valence-electron chi connectivity index (χ3n) is 3.33. The molecule has 1 fully saturated rings. The molecule has 2 unspecified atom stereocenters. The van der Waals surface area contributed by atoms with Crippen molar-refractivity contribution in [2.75, 3.05) is 6.54 Å². The molecule has 2 N–H and O–H groups in total. The van der Waals surface area contributed by atoms with Crippen molar-refractivity contribution < 1.29 is 0 Å². The standard InChI is InChI=1S/C13H19N/c1-8-4-9(2)13(10(3)5-8)12-6-11(12)7-14/h4-5,11-12H,6-7,14H2,1-3H3. The summed E-state index contributed by atoms with van der Waals surface area (Å²) in [6.07, 6.45) is 1.29. The van der Waals surface area contributed by atoms with Gasteiger partial charge in [0.1, 0.15) is 0 Å². The van der Waals surface area contributed by atoms with E-state index in [9.17, 15) is 0 Å². The maximum atomic E-state index is 5.69. The molecule has 0 aliphatic heterocycles. The van der Waals surface area contributed by atoms with Gasteiger partial charge in [-0.1, -0.05) is 17.7 Å². The summed E-state index contributed by atoms with van der Waals surface area (Å²) in [5, 5.41) is 0. The van der Waals surface area contributed by atoms with Crippen molar-refractivity contribution in [2.24, 2.45) is 11.7 Å². The summed E-state index contributed by atoms with van der Waals surface area (Å²) in [4.78, 5) is 0. The lowest BCUT2D eigenvalue weighted by atomic mass is 9.95. The minimum atomic E-state index is 0.745.